The van der Waals surface area contributed by atoms with Crippen LogP contribution < -0.4 is 0 Å². The Morgan fingerprint density at radius 2 is 1.12 bits per heavy atom. The number of rotatable bonds is 1. The van der Waals surface area contributed by atoms with Crippen LogP contribution in [0.25, 0.3) is 5.57 Å². The first-order valence-electron chi connectivity index (χ1n) is 6.05. The summed E-state index contributed by atoms with van der Waals surface area (Å²) in [5.41, 5.74) is -1.47. The lowest BCUT2D eigenvalue weighted by atomic mass is 10.1. The van der Waals surface area contributed by atoms with Crippen LogP contribution in [0.15, 0.2) is 30.8 Å². The number of hydrogen-bond donors (Lipinski definition) is 0. The van der Waals surface area contributed by atoms with Gasteiger partial charge in [0, 0.05) is 3.57 Å². The predicted molar refractivity (Wildman–Crippen MR) is 101 cm³/mol. The number of hydrogen-bond acceptors (Lipinski definition) is 0. The third-order valence-electron chi connectivity index (χ3n) is 2.62. The van der Waals surface area contributed by atoms with E-state index in [1.165, 1.54) is 12.1 Å². The fraction of sp³-hybridized carbons (Fsp3) is 0.0667. The van der Waals surface area contributed by atoms with Gasteiger partial charge in [0.25, 0.3) is 0 Å². The molecule has 0 aliphatic carbocycles. The highest BCUT2D eigenvalue weighted by Gasteiger charge is 2.33. The number of alkyl halides is 3. The largest absolute Gasteiger partial charge is 0.416 e. The van der Waals surface area contributed by atoms with Gasteiger partial charge in [-0.1, -0.05) is 53.0 Å². The highest BCUT2D eigenvalue weighted by atomic mass is 127. The maximum atomic E-state index is 12.9. The summed E-state index contributed by atoms with van der Waals surface area (Å²) in [7, 11) is 0. The van der Waals surface area contributed by atoms with Crippen molar-refractivity contribution >= 4 is 74.6 Å². The molecule has 0 aromatic heterocycles. The van der Waals surface area contributed by atoms with Gasteiger partial charge in [0.05, 0.1) is 25.7 Å². The van der Waals surface area contributed by atoms with Crippen LogP contribution in [0.3, 0.4) is 0 Å². The van der Waals surface area contributed by atoms with Crippen molar-refractivity contribution in [2.24, 2.45) is 0 Å². The molecule has 136 valence electrons. The van der Waals surface area contributed by atoms with Crippen LogP contribution in [0.4, 0.5) is 22.0 Å². The van der Waals surface area contributed by atoms with E-state index in [4.69, 9.17) is 46.4 Å². The van der Waals surface area contributed by atoms with E-state index in [0.29, 0.717) is 0 Å². The molecular weight excluding hydrogens is 544 g/mol. The van der Waals surface area contributed by atoms with Gasteiger partial charge in [-0.2, -0.15) is 13.2 Å². The summed E-state index contributed by atoms with van der Waals surface area (Å²) in [4.78, 5) is 0. The molecule has 0 bridgehead atoms. The number of allylic oxidation sites excluding steroid dienone is 1. The van der Waals surface area contributed by atoms with Gasteiger partial charge in [-0.05, 0) is 52.4 Å². The summed E-state index contributed by atoms with van der Waals surface area (Å²) in [6, 6.07) is 4.70. The van der Waals surface area contributed by atoms with Crippen molar-refractivity contribution in [1.82, 2.24) is 0 Å². The second-order valence-electron chi connectivity index (χ2n) is 4.41. The standard InChI is InChI=1S/C9H4Cl2F4.C6H2Cl2FI/c1-4(9(13,14)15)5-2-6(10)8(12)7(11)3-5;7-4-1-3(10)2-5(8)6(4)9/h2-3H,1H2;1-2H. The van der Waals surface area contributed by atoms with Gasteiger partial charge in [0.1, 0.15) is 0 Å². The molecule has 0 radical (unpaired) electrons. The smallest absolute Gasteiger partial charge is 0.204 e. The Balaban J connectivity index is 0.000000271. The Kier molecular flexibility index (Phi) is 8.27. The molecule has 0 aliphatic rings. The molecule has 0 aliphatic heterocycles. The van der Waals surface area contributed by atoms with Gasteiger partial charge in [0.15, 0.2) is 11.6 Å². The van der Waals surface area contributed by atoms with Crippen molar-refractivity contribution in [2.45, 2.75) is 6.18 Å². The van der Waals surface area contributed by atoms with Crippen LogP contribution in [0.1, 0.15) is 5.56 Å². The van der Waals surface area contributed by atoms with Gasteiger partial charge < -0.3 is 0 Å². The average Bonchev–Trinajstić information content (AvgIpc) is 2.48. The minimum absolute atomic E-state index is 0.0666. The van der Waals surface area contributed by atoms with E-state index in [-0.39, 0.29) is 15.6 Å². The molecule has 0 N–H and O–H groups in total. The molecular formula is C15H6Cl4F5I. The second kappa shape index (κ2) is 9.08. The highest BCUT2D eigenvalue weighted by molar-refractivity contribution is 14.1. The third kappa shape index (κ3) is 6.43. The zero-order valence-corrected chi connectivity index (χ0v) is 17.0. The van der Waals surface area contributed by atoms with Crippen molar-refractivity contribution in [2.75, 3.05) is 0 Å². The van der Waals surface area contributed by atoms with Crippen LogP contribution in [0.2, 0.25) is 20.1 Å². The molecule has 0 nitrogen and oxygen atoms in total. The van der Waals surface area contributed by atoms with Crippen LogP contribution in [0.5, 0.6) is 0 Å². The molecule has 10 heteroatoms. The molecule has 0 heterocycles. The maximum Gasteiger partial charge on any atom is 0.416 e. The molecule has 0 saturated carbocycles. The fourth-order valence-corrected chi connectivity index (χ4v) is 3.38. The molecule has 25 heavy (non-hydrogen) atoms. The lowest BCUT2D eigenvalue weighted by Crippen LogP contribution is -2.09. The summed E-state index contributed by atoms with van der Waals surface area (Å²) in [5, 5.41) is -0.806. The van der Waals surface area contributed by atoms with Crippen molar-refractivity contribution in [3.05, 3.63) is 71.7 Å². The zero-order valence-electron chi connectivity index (χ0n) is 11.8. The van der Waals surface area contributed by atoms with E-state index in [1.807, 2.05) is 22.6 Å². The van der Waals surface area contributed by atoms with Gasteiger partial charge in [-0.3, -0.25) is 0 Å². The van der Waals surface area contributed by atoms with Crippen molar-refractivity contribution in [1.29, 1.82) is 0 Å². The Bertz CT molecular complexity index is 759. The van der Waals surface area contributed by atoms with E-state index >= 15 is 0 Å². The summed E-state index contributed by atoms with van der Waals surface area (Å²) < 4.78 is 63.0. The van der Waals surface area contributed by atoms with Crippen molar-refractivity contribution in [3.8, 4) is 0 Å². The first-order valence-corrected chi connectivity index (χ1v) is 8.64. The maximum absolute atomic E-state index is 12.9. The topological polar surface area (TPSA) is 0 Å². The Labute approximate surface area is 173 Å². The molecule has 0 unspecified atom stereocenters. The van der Waals surface area contributed by atoms with Gasteiger partial charge in [-0.25, -0.2) is 8.78 Å². The highest BCUT2D eigenvalue weighted by Crippen LogP contribution is 2.35. The predicted octanol–water partition coefficient (Wildman–Crippen LogP) is 8.45. The molecule has 0 fully saturated rings. The SMILES string of the molecule is C=C(c1cc(Cl)c(F)c(Cl)c1)C(F)(F)F.Fc1c(Cl)cc(I)cc1Cl. The summed E-state index contributed by atoms with van der Waals surface area (Å²) in [5.74, 6) is -1.50. The zero-order chi connectivity index (χ0) is 19.5. The van der Waals surface area contributed by atoms with Gasteiger partial charge in [0.2, 0.25) is 0 Å². The molecule has 2 aromatic rings. The van der Waals surface area contributed by atoms with Crippen molar-refractivity contribution in [3.63, 3.8) is 0 Å². The van der Waals surface area contributed by atoms with E-state index in [9.17, 15) is 22.0 Å². The Hall–Kier alpha value is -0.280. The van der Waals surface area contributed by atoms with E-state index < -0.39 is 33.4 Å². The molecule has 0 saturated heterocycles. The number of benzene rings is 2. The van der Waals surface area contributed by atoms with E-state index in [0.717, 1.165) is 15.7 Å². The monoisotopic (exact) mass is 548 g/mol. The molecule has 0 spiro atoms. The second-order valence-corrected chi connectivity index (χ2v) is 7.29. The third-order valence-corrected chi connectivity index (χ3v) is 4.35. The minimum Gasteiger partial charge on any atom is -0.204 e. The number of halogens is 10. The van der Waals surface area contributed by atoms with E-state index in [1.54, 1.807) is 0 Å². The normalized spacial score (nSPS) is 11.0. The summed E-state index contributed by atoms with van der Waals surface area (Å²) in [6.07, 6.45) is -4.59. The van der Waals surface area contributed by atoms with Crippen LogP contribution >= 0.6 is 69.0 Å². The summed E-state index contributed by atoms with van der Waals surface area (Å²) in [6.45, 7) is 2.84. The average molecular weight is 550 g/mol. The van der Waals surface area contributed by atoms with Crippen LogP contribution in [-0.2, 0) is 0 Å². The van der Waals surface area contributed by atoms with Gasteiger partial charge in [-0.15, -0.1) is 0 Å². The quantitative estimate of drug-likeness (QED) is 0.145. The first-order chi connectivity index (χ1) is 11.3. The van der Waals surface area contributed by atoms with E-state index in [2.05, 4.69) is 6.58 Å². The molecule has 0 atom stereocenters. The lowest BCUT2D eigenvalue weighted by molar-refractivity contribution is -0.0686. The first kappa shape index (κ1) is 22.8. The molecule has 2 rings (SSSR count). The summed E-state index contributed by atoms with van der Waals surface area (Å²) >= 11 is 23.6. The Morgan fingerprint density at radius 1 is 0.800 bits per heavy atom. The fourth-order valence-electron chi connectivity index (χ4n) is 1.42. The van der Waals surface area contributed by atoms with Crippen LogP contribution in [0, 0.1) is 15.2 Å². The van der Waals surface area contributed by atoms with Crippen molar-refractivity contribution < 1.29 is 22.0 Å². The molecule has 0 amide bonds. The lowest BCUT2D eigenvalue weighted by Gasteiger charge is -2.11. The minimum atomic E-state index is -4.59. The Morgan fingerprint density at radius 3 is 1.44 bits per heavy atom. The molecule has 2 aromatic carbocycles. The van der Waals surface area contributed by atoms with Crippen LogP contribution in [-0.4, -0.2) is 6.18 Å². The van der Waals surface area contributed by atoms with Gasteiger partial charge >= 0.3 is 6.18 Å².